The van der Waals surface area contributed by atoms with Gasteiger partial charge in [0.1, 0.15) is 5.82 Å². The number of carbonyl (C=O) groups is 1. The quantitative estimate of drug-likeness (QED) is 0.844. The van der Waals surface area contributed by atoms with Gasteiger partial charge >= 0.3 is 5.97 Å². The van der Waals surface area contributed by atoms with Gasteiger partial charge in [-0.2, -0.15) is 0 Å². The molecular weight excluding hydrogens is 269 g/mol. The smallest absolute Gasteiger partial charge is 0.303 e. The molecule has 0 aliphatic rings. The molecule has 0 saturated heterocycles. The van der Waals surface area contributed by atoms with Crippen LogP contribution >= 0.6 is 0 Å². The number of carboxylic acids is 1. The van der Waals surface area contributed by atoms with Gasteiger partial charge in [-0.3, -0.25) is 4.79 Å². The molecule has 110 valence electrons. The van der Waals surface area contributed by atoms with Crippen LogP contribution in [-0.2, 0) is 11.3 Å². The third-order valence-corrected chi connectivity index (χ3v) is 3.20. The number of halogens is 1. The summed E-state index contributed by atoms with van der Waals surface area (Å²) in [7, 11) is 0. The average Bonchev–Trinajstić information content (AvgIpc) is 2.47. The van der Waals surface area contributed by atoms with Crippen molar-refractivity contribution in [1.82, 2.24) is 0 Å². The van der Waals surface area contributed by atoms with Crippen LogP contribution in [0.25, 0.3) is 0 Å². The number of rotatable bonds is 7. The topological polar surface area (TPSA) is 40.5 Å². The van der Waals surface area contributed by atoms with Gasteiger partial charge in [-0.15, -0.1) is 0 Å². The second kappa shape index (κ2) is 7.43. The minimum Gasteiger partial charge on any atom is -0.481 e. The number of nitrogens with zero attached hydrogens (tertiary/aromatic N) is 1. The maximum Gasteiger partial charge on any atom is 0.303 e. The fourth-order valence-corrected chi connectivity index (χ4v) is 2.22. The number of aliphatic carboxylic acids is 1. The van der Waals surface area contributed by atoms with Gasteiger partial charge in [-0.25, -0.2) is 4.39 Å². The van der Waals surface area contributed by atoms with Crippen LogP contribution in [0, 0.1) is 5.82 Å². The van der Waals surface area contributed by atoms with Crippen molar-refractivity contribution in [3.05, 3.63) is 66.0 Å². The largest absolute Gasteiger partial charge is 0.481 e. The molecule has 21 heavy (non-hydrogen) atoms. The summed E-state index contributed by atoms with van der Waals surface area (Å²) >= 11 is 0. The third kappa shape index (κ3) is 4.91. The van der Waals surface area contributed by atoms with Gasteiger partial charge in [-0.05, 0) is 36.2 Å². The van der Waals surface area contributed by atoms with Gasteiger partial charge in [0.2, 0.25) is 0 Å². The van der Waals surface area contributed by atoms with E-state index in [2.05, 4.69) is 4.90 Å². The Hall–Kier alpha value is -2.36. The molecule has 0 aliphatic heterocycles. The summed E-state index contributed by atoms with van der Waals surface area (Å²) in [6, 6.07) is 16.2. The van der Waals surface area contributed by atoms with Crippen LogP contribution in [-0.4, -0.2) is 17.6 Å². The van der Waals surface area contributed by atoms with E-state index in [4.69, 9.17) is 5.11 Å². The standard InChI is InChI=1S/C17H18FNO2/c18-15-7-4-6-14(12-15)13-19(11-5-10-17(20)21)16-8-2-1-3-9-16/h1-4,6-9,12H,5,10-11,13H2,(H,20,21). The fraction of sp³-hybridized carbons (Fsp3) is 0.235. The highest BCUT2D eigenvalue weighted by molar-refractivity contribution is 5.66. The van der Waals surface area contributed by atoms with E-state index in [0.717, 1.165) is 11.3 Å². The van der Waals surface area contributed by atoms with E-state index in [1.54, 1.807) is 6.07 Å². The highest BCUT2D eigenvalue weighted by Gasteiger charge is 2.08. The Morgan fingerprint density at radius 2 is 1.86 bits per heavy atom. The summed E-state index contributed by atoms with van der Waals surface area (Å²) < 4.78 is 13.3. The first-order chi connectivity index (χ1) is 10.1. The van der Waals surface area contributed by atoms with Gasteiger partial charge in [-0.1, -0.05) is 30.3 Å². The first kappa shape index (κ1) is 15.0. The zero-order valence-corrected chi connectivity index (χ0v) is 11.7. The summed E-state index contributed by atoms with van der Waals surface area (Å²) in [5, 5.41) is 8.75. The molecule has 2 rings (SSSR count). The highest BCUT2D eigenvalue weighted by Crippen LogP contribution is 2.18. The number of hydrogen-bond acceptors (Lipinski definition) is 2. The molecule has 0 saturated carbocycles. The summed E-state index contributed by atoms with van der Waals surface area (Å²) in [6.07, 6.45) is 0.687. The molecular formula is C17H18FNO2. The van der Waals surface area contributed by atoms with Crippen LogP contribution in [0.15, 0.2) is 54.6 Å². The normalized spacial score (nSPS) is 10.3. The van der Waals surface area contributed by atoms with E-state index >= 15 is 0 Å². The predicted molar refractivity (Wildman–Crippen MR) is 80.8 cm³/mol. The molecule has 0 bridgehead atoms. The number of carboxylic acid groups (broad SMARTS) is 1. The molecule has 1 N–H and O–H groups in total. The van der Waals surface area contributed by atoms with Crippen LogP contribution in [0.4, 0.5) is 10.1 Å². The molecule has 0 aliphatic carbocycles. The maximum atomic E-state index is 13.3. The first-order valence-electron chi connectivity index (χ1n) is 6.91. The lowest BCUT2D eigenvalue weighted by molar-refractivity contribution is -0.137. The lowest BCUT2D eigenvalue weighted by Gasteiger charge is -2.25. The SMILES string of the molecule is O=C(O)CCCN(Cc1cccc(F)c1)c1ccccc1. The molecule has 0 fully saturated rings. The van der Waals surface area contributed by atoms with Crippen LogP contribution in [0.1, 0.15) is 18.4 Å². The van der Waals surface area contributed by atoms with E-state index in [9.17, 15) is 9.18 Å². The molecule has 0 heterocycles. The van der Waals surface area contributed by atoms with Crippen molar-refractivity contribution in [2.75, 3.05) is 11.4 Å². The molecule has 0 atom stereocenters. The van der Waals surface area contributed by atoms with Crippen molar-refractivity contribution in [3.8, 4) is 0 Å². The molecule has 0 unspecified atom stereocenters. The van der Waals surface area contributed by atoms with Crippen LogP contribution in [0.3, 0.4) is 0 Å². The van der Waals surface area contributed by atoms with Crippen molar-refractivity contribution < 1.29 is 14.3 Å². The summed E-state index contributed by atoms with van der Waals surface area (Å²) in [5.74, 6) is -1.06. The maximum absolute atomic E-state index is 13.3. The summed E-state index contributed by atoms with van der Waals surface area (Å²) in [5.41, 5.74) is 1.88. The molecule has 3 nitrogen and oxygen atoms in total. The van der Waals surface area contributed by atoms with Crippen molar-refractivity contribution in [3.63, 3.8) is 0 Å². The Balaban J connectivity index is 2.10. The Morgan fingerprint density at radius 1 is 1.10 bits per heavy atom. The van der Waals surface area contributed by atoms with Crippen molar-refractivity contribution in [1.29, 1.82) is 0 Å². The summed E-state index contributed by atoms with van der Waals surface area (Å²) in [6.45, 7) is 1.17. The molecule has 0 radical (unpaired) electrons. The van der Waals surface area contributed by atoms with Crippen LogP contribution in [0.5, 0.6) is 0 Å². The van der Waals surface area contributed by atoms with E-state index in [1.807, 2.05) is 36.4 Å². The predicted octanol–water partition coefficient (Wildman–Crippen LogP) is 3.70. The molecule has 2 aromatic rings. The Labute approximate surface area is 123 Å². The number of hydrogen-bond donors (Lipinski definition) is 1. The van der Waals surface area contributed by atoms with Gasteiger partial charge in [0, 0.05) is 25.2 Å². The van der Waals surface area contributed by atoms with Gasteiger partial charge in [0.05, 0.1) is 0 Å². The molecule has 4 heteroatoms. The van der Waals surface area contributed by atoms with E-state index < -0.39 is 5.97 Å². The van der Waals surface area contributed by atoms with Crippen molar-refractivity contribution >= 4 is 11.7 Å². The van der Waals surface area contributed by atoms with Gasteiger partial charge < -0.3 is 10.0 Å². The van der Waals surface area contributed by atoms with Gasteiger partial charge in [0.15, 0.2) is 0 Å². The highest BCUT2D eigenvalue weighted by atomic mass is 19.1. The number of benzene rings is 2. The number of para-hydroxylation sites is 1. The van der Waals surface area contributed by atoms with E-state index in [0.29, 0.717) is 19.5 Å². The fourth-order valence-electron chi connectivity index (χ4n) is 2.22. The minimum atomic E-state index is -0.797. The second-order valence-corrected chi connectivity index (χ2v) is 4.88. The Bertz CT molecular complexity index is 586. The zero-order valence-electron chi connectivity index (χ0n) is 11.7. The van der Waals surface area contributed by atoms with Crippen LogP contribution < -0.4 is 4.90 Å². The lowest BCUT2D eigenvalue weighted by atomic mass is 10.1. The average molecular weight is 287 g/mol. The molecule has 2 aromatic carbocycles. The molecule has 0 spiro atoms. The van der Waals surface area contributed by atoms with E-state index in [-0.39, 0.29) is 12.2 Å². The lowest BCUT2D eigenvalue weighted by Crippen LogP contribution is -2.24. The molecule has 0 amide bonds. The van der Waals surface area contributed by atoms with Crippen molar-refractivity contribution in [2.24, 2.45) is 0 Å². The summed E-state index contributed by atoms with van der Waals surface area (Å²) in [4.78, 5) is 12.7. The number of anilines is 1. The Kier molecular flexibility index (Phi) is 5.32. The monoisotopic (exact) mass is 287 g/mol. The first-order valence-corrected chi connectivity index (χ1v) is 6.91. The molecule has 0 aromatic heterocycles. The Morgan fingerprint density at radius 3 is 2.52 bits per heavy atom. The zero-order chi connectivity index (χ0) is 15.1. The van der Waals surface area contributed by atoms with Crippen LogP contribution in [0.2, 0.25) is 0 Å². The van der Waals surface area contributed by atoms with E-state index in [1.165, 1.54) is 12.1 Å². The van der Waals surface area contributed by atoms with Gasteiger partial charge in [0.25, 0.3) is 0 Å². The third-order valence-electron chi connectivity index (χ3n) is 3.20. The minimum absolute atomic E-state index is 0.131. The second-order valence-electron chi connectivity index (χ2n) is 4.88. The van der Waals surface area contributed by atoms with Crippen molar-refractivity contribution in [2.45, 2.75) is 19.4 Å².